The minimum absolute atomic E-state index is 0. The number of nitrogens with zero attached hydrogens (tertiary/aromatic N) is 4. The van der Waals surface area contributed by atoms with Crippen molar-refractivity contribution in [1.29, 1.82) is 0 Å². The second-order valence-electron chi connectivity index (χ2n) is 6.98. The van der Waals surface area contributed by atoms with Crippen molar-refractivity contribution >= 4 is 18.1 Å². The Bertz CT molecular complexity index is 658. The highest BCUT2D eigenvalue weighted by molar-refractivity contribution is 5.85. The molecule has 1 unspecified atom stereocenters. The number of likely N-dealkylation sites (N-methyl/N-ethyl adjacent to an activating group) is 1. The van der Waals surface area contributed by atoms with Crippen molar-refractivity contribution in [3.8, 4) is 11.5 Å². The molecule has 0 spiro atoms. The Kier molecular flexibility index (Phi) is 6.81. The lowest BCUT2D eigenvalue weighted by atomic mass is 10.1. The highest BCUT2D eigenvalue weighted by atomic mass is 35.5. The fourth-order valence-corrected chi connectivity index (χ4v) is 3.09. The van der Waals surface area contributed by atoms with Gasteiger partial charge in [-0.2, -0.15) is 4.98 Å². The molecule has 2 heterocycles. The van der Waals surface area contributed by atoms with Crippen molar-refractivity contribution in [3.63, 3.8) is 0 Å². The van der Waals surface area contributed by atoms with E-state index in [-0.39, 0.29) is 18.4 Å². The lowest BCUT2D eigenvalue weighted by Crippen LogP contribution is -2.44. The summed E-state index contributed by atoms with van der Waals surface area (Å²) in [6.07, 6.45) is 0. The van der Waals surface area contributed by atoms with Crippen LogP contribution in [0.15, 0.2) is 28.8 Å². The highest BCUT2D eigenvalue weighted by Crippen LogP contribution is 2.24. The number of anilines is 1. The van der Waals surface area contributed by atoms with Gasteiger partial charge in [-0.1, -0.05) is 19.0 Å². The fourth-order valence-electron chi connectivity index (χ4n) is 3.09. The first kappa shape index (κ1) is 19.7. The SMILES string of the molecule is CC(C)CN(C)c1ccc(-c2nc(C3CNCCN3C)no2)cc1.Cl. The van der Waals surface area contributed by atoms with Gasteiger partial charge < -0.3 is 14.7 Å². The second-order valence-corrected chi connectivity index (χ2v) is 6.98. The van der Waals surface area contributed by atoms with E-state index in [0.717, 1.165) is 37.6 Å². The Balaban J connectivity index is 0.00000225. The molecule has 1 aromatic heterocycles. The number of aromatic nitrogens is 2. The van der Waals surface area contributed by atoms with Crippen molar-refractivity contribution in [3.05, 3.63) is 30.1 Å². The molecule has 1 aliphatic rings. The summed E-state index contributed by atoms with van der Waals surface area (Å²) in [5, 5.41) is 7.56. The maximum atomic E-state index is 5.49. The summed E-state index contributed by atoms with van der Waals surface area (Å²) in [5.41, 5.74) is 2.16. The minimum atomic E-state index is 0. The summed E-state index contributed by atoms with van der Waals surface area (Å²) in [4.78, 5) is 9.12. The molecule has 7 heteroatoms. The van der Waals surface area contributed by atoms with Gasteiger partial charge in [-0.25, -0.2) is 0 Å². The van der Waals surface area contributed by atoms with Gasteiger partial charge in [0.15, 0.2) is 5.82 Å². The monoisotopic (exact) mass is 365 g/mol. The van der Waals surface area contributed by atoms with Crippen LogP contribution in [0, 0.1) is 5.92 Å². The Morgan fingerprint density at radius 3 is 2.68 bits per heavy atom. The van der Waals surface area contributed by atoms with E-state index in [2.05, 4.69) is 65.3 Å². The number of piperazine rings is 1. The lowest BCUT2D eigenvalue weighted by molar-refractivity contribution is 0.190. The third kappa shape index (κ3) is 4.71. The molecule has 1 atom stereocenters. The van der Waals surface area contributed by atoms with Crippen LogP contribution in [0.25, 0.3) is 11.5 Å². The molecule has 0 bridgehead atoms. The van der Waals surface area contributed by atoms with E-state index in [0.29, 0.717) is 11.8 Å². The van der Waals surface area contributed by atoms with Gasteiger partial charge in [-0.15, -0.1) is 12.4 Å². The van der Waals surface area contributed by atoms with Gasteiger partial charge in [0.1, 0.15) is 0 Å². The quantitative estimate of drug-likeness (QED) is 0.879. The van der Waals surface area contributed by atoms with E-state index in [4.69, 9.17) is 4.52 Å². The molecule has 3 rings (SSSR count). The van der Waals surface area contributed by atoms with Gasteiger partial charge in [-0.3, -0.25) is 4.90 Å². The number of nitrogens with one attached hydrogen (secondary N) is 1. The van der Waals surface area contributed by atoms with E-state index < -0.39 is 0 Å². The maximum absolute atomic E-state index is 5.49. The van der Waals surface area contributed by atoms with Crippen molar-refractivity contribution < 1.29 is 4.52 Å². The van der Waals surface area contributed by atoms with Crippen molar-refractivity contribution in [2.75, 3.05) is 45.2 Å². The molecule has 1 aliphatic heterocycles. The Morgan fingerprint density at radius 2 is 2.04 bits per heavy atom. The van der Waals surface area contributed by atoms with E-state index in [9.17, 15) is 0 Å². The van der Waals surface area contributed by atoms with Gasteiger partial charge in [0.25, 0.3) is 5.89 Å². The van der Waals surface area contributed by atoms with Crippen molar-refractivity contribution in [1.82, 2.24) is 20.4 Å². The fraction of sp³-hybridized carbons (Fsp3) is 0.556. The molecule has 0 saturated carbocycles. The Hall–Kier alpha value is -1.63. The average molecular weight is 366 g/mol. The first-order valence-electron chi connectivity index (χ1n) is 8.60. The van der Waals surface area contributed by atoms with Gasteiger partial charge >= 0.3 is 0 Å². The zero-order valence-electron chi connectivity index (χ0n) is 15.4. The summed E-state index contributed by atoms with van der Waals surface area (Å²) in [7, 11) is 4.21. The zero-order chi connectivity index (χ0) is 17.1. The summed E-state index contributed by atoms with van der Waals surface area (Å²) in [6, 6.07) is 8.48. The molecule has 2 aromatic rings. The molecule has 0 radical (unpaired) electrons. The standard InChI is InChI=1S/C18H27N5O.ClH/c1-13(2)12-23(4)15-7-5-14(6-8-15)18-20-17(21-24-18)16-11-19-9-10-22(16)3;/h5-8,13,16,19H,9-12H2,1-4H3;1H. The third-order valence-corrected chi connectivity index (χ3v) is 4.44. The molecule has 1 fully saturated rings. The molecule has 1 N–H and O–H groups in total. The average Bonchev–Trinajstić information content (AvgIpc) is 3.04. The van der Waals surface area contributed by atoms with Crippen LogP contribution < -0.4 is 10.2 Å². The van der Waals surface area contributed by atoms with Gasteiger partial charge in [0.05, 0.1) is 6.04 Å². The van der Waals surface area contributed by atoms with Crippen LogP contribution in [0.1, 0.15) is 25.7 Å². The molecular formula is C18H28ClN5O. The number of hydrogen-bond donors (Lipinski definition) is 1. The van der Waals surface area contributed by atoms with Crippen molar-refractivity contribution in [2.24, 2.45) is 5.92 Å². The normalized spacial score (nSPS) is 18.2. The van der Waals surface area contributed by atoms with Crippen LogP contribution in [-0.2, 0) is 0 Å². The maximum Gasteiger partial charge on any atom is 0.257 e. The lowest BCUT2D eigenvalue weighted by Gasteiger charge is -2.30. The zero-order valence-corrected chi connectivity index (χ0v) is 16.2. The van der Waals surface area contributed by atoms with Crippen LogP contribution in [0.4, 0.5) is 5.69 Å². The summed E-state index contributed by atoms with van der Waals surface area (Å²) in [5.74, 6) is 1.97. The highest BCUT2D eigenvalue weighted by Gasteiger charge is 2.25. The first-order chi connectivity index (χ1) is 11.5. The molecule has 0 amide bonds. The van der Waals surface area contributed by atoms with Crippen molar-refractivity contribution in [2.45, 2.75) is 19.9 Å². The molecule has 1 aromatic carbocycles. The van der Waals surface area contributed by atoms with Gasteiger partial charge in [0, 0.05) is 44.5 Å². The smallest absolute Gasteiger partial charge is 0.257 e. The predicted molar refractivity (Wildman–Crippen MR) is 103 cm³/mol. The third-order valence-electron chi connectivity index (χ3n) is 4.44. The summed E-state index contributed by atoms with van der Waals surface area (Å²) < 4.78 is 5.49. The molecular weight excluding hydrogens is 338 g/mol. The van der Waals surface area contributed by atoms with Crippen LogP contribution in [0.2, 0.25) is 0 Å². The first-order valence-corrected chi connectivity index (χ1v) is 8.60. The number of rotatable bonds is 5. The minimum Gasteiger partial charge on any atom is -0.374 e. The summed E-state index contributed by atoms with van der Waals surface area (Å²) in [6.45, 7) is 8.33. The number of benzene rings is 1. The predicted octanol–water partition coefficient (Wildman–Crippen LogP) is 2.83. The van der Waals surface area contributed by atoms with Gasteiger partial charge in [0.2, 0.25) is 0 Å². The molecule has 1 saturated heterocycles. The topological polar surface area (TPSA) is 57.4 Å². The second kappa shape index (κ2) is 8.65. The van der Waals surface area contributed by atoms with Crippen LogP contribution in [-0.4, -0.2) is 55.3 Å². The number of halogens is 1. The van der Waals surface area contributed by atoms with E-state index in [1.165, 1.54) is 5.69 Å². The van der Waals surface area contributed by atoms with E-state index in [1.54, 1.807) is 0 Å². The van der Waals surface area contributed by atoms with Crippen LogP contribution >= 0.6 is 12.4 Å². The van der Waals surface area contributed by atoms with Crippen LogP contribution in [0.5, 0.6) is 0 Å². The molecule has 6 nitrogen and oxygen atoms in total. The summed E-state index contributed by atoms with van der Waals surface area (Å²) >= 11 is 0. The molecule has 25 heavy (non-hydrogen) atoms. The van der Waals surface area contributed by atoms with Crippen LogP contribution in [0.3, 0.4) is 0 Å². The van der Waals surface area contributed by atoms with Gasteiger partial charge in [-0.05, 0) is 37.2 Å². The van der Waals surface area contributed by atoms with E-state index >= 15 is 0 Å². The van der Waals surface area contributed by atoms with E-state index in [1.807, 2.05) is 12.1 Å². The Labute approximate surface area is 156 Å². The Morgan fingerprint density at radius 1 is 1.32 bits per heavy atom. The number of hydrogen-bond acceptors (Lipinski definition) is 6. The molecule has 138 valence electrons. The molecule has 0 aliphatic carbocycles. The largest absolute Gasteiger partial charge is 0.374 e.